The minimum Gasteiger partial charge on any atom is -0.463 e. The van der Waals surface area contributed by atoms with Crippen molar-refractivity contribution in [2.75, 3.05) is 12.3 Å². The van der Waals surface area contributed by atoms with E-state index >= 15 is 0 Å². The highest BCUT2D eigenvalue weighted by molar-refractivity contribution is 6.21. The number of hydrogen-bond donors (Lipinski definition) is 1. The number of carbonyl (C=O) groups excluding carboxylic acids is 2. The van der Waals surface area contributed by atoms with Gasteiger partial charge in [-0.3, -0.25) is 14.2 Å². The van der Waals surface area contributed by atoms with E-state index in [-0.39, 0.29) is 12.4 Å². The van der Waals surface area contributed by atoms with Crippen molar-refractivity contribution in [3.8, 4) is 0 Å². The molecular weight excluding hydrogens is 342 g/mol. The number of esters is 2. The molecule has 1 aliphatic rings. The molecule has 1 aromatic rings. The van der Waals surface area contributed by atoms with Crippen molar-refractivity contribution in [2.45, 2.75) is 44.6 Å². The average molecular weight is 360 g/mol. The van der Waals surface area contributed by atoms with Crippen molar-refractivity contribution in [2.24, 2.45) is 0 Å². The van der Waals surface area contributed by atoms with Crippen molar-refractivity contribution in [3.63, 3.8) is 0 Å². The topological polar surface area (TPSA) is 123 Å². The van der Waals surface area contributed by atoms with E-state index in [1.54, 1.807) is 6.92 Å². The van der Waals surface area contributed by atoms with E-state index in [9.17, 15) is 14.4 Å². The Hall–Kier alpha value is -2.13. The van der Waals surface area contributed by atoms with Crippen LogP contribution in [0.3, 0.4) is 0 Å². The molecule has 1 aromatic heterocycles. The van der Waals surface area contributed by atoms with Crippen molar-refractivity contribution in [1.29, 1.82) is 0 Å². The second-order valence-corrected chi connectivity index (χ2v) is 5.89. The molecule has 0 amide bonds. The third kappa shape index (κ3) is 3.85. The van der Waals surface area contributed by atoms with Gasteiger partial charge in [-0.2, -0.15) is 4.98 Å². The summed E-state index contributed by atoms with van der Waals surface area (Å²) < 4.78 is 16.9. The Kier molecular flexibility index (Phi) is 5.45. The lowest BCUT2D eigenvalue weighted by Crippen LogP contribution is -2.36. The van der Waals surface area contributed by atoms with E-state index in [2.05, 4.69) is 4.98 Å². The molecule has 10 heteroatoms. The van der Waals surface area contributed by atoms with Gasteiger partial charge in [0.15, 0.2) is 12.3 Å². The molecule has 0 spiro atoms. The van der Waals surface area contributed by atoms with E-state index in [4.69, 9.17) is 31.5 Å². The second kappa shape index (κ2) is 7.18. The summed E-state index contributed by atoms with van der Waals surface area (Å²) in [7, 11) is 0. The van der Waals surface area contributed by atoms with Crippen LogP contribution in [0.5, 0.6) is 0 Å². The molecule has 1 saturated heterocycles. The van der Waals surface area contributed by atoms with Gasteiger partial charge >= 0.3 is 17.6 Å². The summed E-state index contributed by atoms with van der Waals surface area (Å²) >= 11 is 6.34. The molecule has 0 aliphatic carbocycles. The molecule has 9 nitrogen and oxygen atoms in total. The Bertz CT molecular complexity index is 706. The van der Waals surface area contributed by atoms with Gasteiger partial charge in [-0.1, -0.05) is 0 Å². The molecule has 0 saturated carbocycles. The number of anilines is 1. The molecule has 2 heterocycles. The van der Waals surface area contributed by atoms with Crippen molar-refractivity contribution < 1.29 is 23.8 Å². The number of nitrogens with zero attached hydrogens (tertiary/aromatic N) is 2. The maximum Gasteiger partial charge on any atom is 0.351 e. The first-order valence-electron chi connectivity index (χ1n) is 7.16. The van der Waals surface area contributed by atoms with Gasteiger partial charge in [-0.25, -0.2) is 4.79 Å². The number of rotatable bonds is 4. The highest BCUT2D eigenvalue weighted by Crippen LogP contribution is 2.35. The number of aryl methyl sites for hydroxylation is 1. The fraction of sp³-hybridized carbons (Fsp3) is 0.571. The lowest BCUT2D eigenvalue weighted by Gasteiger charge is -2.19. The highest BCUT2D eigenvalue weighted by Gasteiger charge is 2.47. The van der Waals surface area contributed by atoms with Gasteiger partial charge in [-0.15, -0.1) is 11.6 Å². The second-order valence-electron chi connectivity index (χ2n) is 5.39. The molecule has 4 atom stereocenters. The fourth-order valence-corrected chi connectivity index (χ4v) is 2.74. The van der Waals surface area contributed by atoms with E-state index < -0.39 is 41.4 Å². The van der Waals surface area contributed by atoms with E-state index in [0.717, 1.165) is 0 Å². The molecule has 1 fully saturated rings. The van der Waals surface area contributed by atoms with Gasteiger partial charge in [0.1, 0.15) is 23.9 Å². The summed E-state index contributed by atoms with van der Waals surface area (Å²) in [4.78, 5) is 38.1. The van der Waals surface area contributed by atoms with Crippen LogP contribution in [0.4, 0.5) is 5.82 Å². The van der Waals surface area contributed by atoms with Crippen molar-refractivity contribution in [1.82, 2.24) is 9.55 Å². The maximum absolute atomic E-state index is 12.1. The summed E-state index contributed by atoms with van der Waals surface area (Å²) in [5.41, 5.74) is 5.51. The van der Waals surface area contributed by atoms with Gasteiger partial charge in [0.2, 0.25) is 0 Å². The number of nitrogen functional groups attached to an aromatic ring is 1. The largest absolute Gasteiger partial charge is 0.463 e. The number of hydrogen-bond acceptors (Lipinski definition) is 8. The lowest BCUT2D eigenvalue weighted by atomic mass is 10.1. The third-order valence-corrected chi connectivity index (χ3v) is 3.93. The molecule has 2 N–H and O–H groups in total. The van der Waals surface area contributed by atoms with Crippen molar-refractivity contribution >= 4 is 29.4 Å². The fourth-order valence-electron chi connectivity index (χ4n) is 2.35. The van der Waals surface area contributed by atoms with E-state index in [0.29, 0.717) is 5.56 Å². The summed E-state index contributed by atoms with van der Waals surface area (Å²) in [6, 6.07) is 0. The van der Waals surface area contributed by atoms with Crippen LogP contribution in [-0.2, 0) is 23.8 Å². The first-order valence-corrected chi connectivity index (χ1v) is 7.59. The van der Waals surface area contributed by atoms with Crippen LogP contribution >= 0.6 is 11.6 Å². The van der Waals surface area contributed by atoms with Crippen LogP contribution in [0.2, 0.25) is 0 Å². The molecule has 132 valence electrons. The molecule has 24 heavy (non-hydrogen) atoms. The monoisotopic (exact) mass is 359 g/mol. The van der Waals surface area contributed by atoms with Gasteiger partial charge in [0, 0.05) is 25.6 Å². The minimum atomic E-state index is -0.948. The molecule has 0 bridgehead atoms. The first-order chi connectivity index (χ1) is 11.2. The van der Waals surface area contributed by atoms with Crippen LogP contribution in [0, 0.1) is 6.92 Å². The predicted octanol–water partition coefficient (Wildman–Crippen LogP) is 0.134. The molecule has 2 rings (SSSR count). The first kappa shape index (κ1) is 18.2. The molecule has 0 aromatic carbocycles. The van der Waals surface area contributed by atoms with Gasteiger partial charge in [0.05, 0.1) is 0 Å². The third-order valence-electron chi connectivity index (χ3n) is 3.47. The zero-order chi connectivity index (χ0) is 18.0. The van der Waals surface area contributed by atoms with Crippen LogP contribution in [0.25, 0.3) is 0 Å². The highest BCUT2D eigenvalue weighted by atomic mass is 35.5. The van der Waals surface area contributed by atoms with E-state index in [1.165, 1.54) is 24.6 Å². The SMILES string of the molecule is CC(=O)OC[C@H]1O[C@@H](n2cc(C)c(N)nc2=O)[C@H](Cl)[C@@H]1OC(C)=O. The molecular formula is C14H18ClN3O6. The van der Waals surface area contributed by atoms with Crippen LogP contribution < -0.4 is 11.4 Å². The number of carbonyl (C=O) groups is 2. The normalized spacial score (nSPS) is 26.2. The van der Waals surface area contributed by atoms with Crippen LogP contribution in [-0.4, -0.2) is 45.7 Å². The zero-order valence-electron chi connectivity index (χ0n) is 13.4. The zero-order valence-corrected chi connectivity index (χ0v) is 14.1. The number of nitrogens with two attached hydrogens (primary N) is 1. The van der Waals surface area contributed by atoms with Crippen LogP contribution in [0.1, 0.15) is 25.6 Å². The average Bonchev–Trinajstić information content (AvgIpc) is 2.77. The standard InChI is InChI=1S/C14H18ClN3O6/c1-6-4-18(14(21)17-12(6)16)13-10(15)11(23-8(3)20)9(24-13)5-22-7(2)19/h4,9-11,13H,5H2,1-3H3,(H2,16,17,21)/t9-,10-,11-,13-/m1/s1. The Morgan fingerprint density at radius 3 is 2.67 bits per heavy atom. The Morgan fingerprint density at radius 1 is 1.42 bits per heavy atom. The lowest BCUT2D eigenvalue weighted by molar-refractivity contribution is -0.155. The molecule has 1 aliphatic heterocycles. The van der Waals surface area contributed by atoms with Gasteiger partial charge in [-0.05, 0) is 6.92 Å². The number of aromatic nitrogens is 2. The smallest absolute Gasteiger partial charge is 0.351 e. The number of halogens is 1. The summed E-state index contributed by atoms with van der Waals surface area (Å²) in [5, 5.41) is -0.878. The Morgan fingerprint density at radius 2 is 2.08 bits per heavy atom. The van der Waals surface area contributed by atoms with E-state index in [1.807, 2.05) is 0 Å². The summed E-state index contributed by atoms with van der Waals surface area (Å²) in [6.07, 6.45) is -1.19. The van der Waals surface area contributed by atoms with Gasteiger partial charge < -0.3 is 19.9 Å². The maximum atomic E-state index is 12.1. The van der Waals surface area contributed by atoms with Gasteiger partial charge in [0.25, 0.3) is 0 Å². The Balaban J connectivity index is 2.31. The minimum absolute atomic E-state index is 0.105. The van der Waals surface area contributed by atoms with Crippen LogP contribution in [0.15, 0.2) is 11.0 Å². The molecule has 0 radical (unpaired) electrons. The summed E-state index contributed by atoms with van der Waals surface area (Å²) in [6.45, 7) is 3.98. The number of alkyl halides is 1. The quantitative estimate of drug-likeness (QED) is 0.594. The predicted molar refractivity (Wildman–Crippen MR) is 83.4 cm³/mol. The summed E-state index contributed by atoms with van der Waals surface area (Å²) in [5.74, 6) is -0.980. The number of ether oxygens (including phenoxy) is 3. The van der Waals surface area contributed by atoms with Crippen molar-refractivity contribution in [3.05, 3.63) is 22.2 Å². The Labute approximate surface area is 142 Å². The molecule has 0 unspecified atom stereocenters.